The lowest BCUT2D eigenvalue weighted by molar-refractivity contribution is -0.122. The average molecular weight is 466 g/mol. The number of amides is 1. The third-order valence-corrected chi connectivity index (χ3v) is 6.73. The molecule has 1 aromatic heterocycles. The van der Waals surface area contributed by atoms with Crippen LogP contribution in [0.25, 0.3) is 11.3 Å². The van der Waals surface area contributed by atoms with Crippen molar-refractivity contribution >= 4 is 28.1 Å². The predicted octanol–water partition coefficient (Wildman–Crippen LogP) is 5.34. The number of carbonyl (C=O) groups excluding carboxylic acids is 1. The molecule has 1 amide bonds. The molecule has 4 rings (SSSR count). The minimum atomic E-state index is -0.372. The number of benzene rings is 2. The van der Waals surface area contributed by atoms with Crippen molar-refractivity contribution < 1.29 is 14.3 Å². The number of nitrogens with one attached hydrogen (secondary N) is 1. The minimum absolute atomic E-state index is 0.00398. The zero-order valence-corrected chi connectivity index (χ0v) is 20.2. The summed E-state index contributed by atoms with van der Waals surface area (Å²) >= 11 is 1.55. The fourth-order valence-corrected chi connectivity index (χ4v) is 5.00. The summed E-state index contributed by atoms with van der Waals surface area (Å²) in [7, 11) is 1.66. The molecule has 1 aliphatic rings. The van der Waals surface area contributed by atoms with Crippen molar-refractivity contribution in [2.24, 2.45) is 0 Å². The van der Waals surface area contributed by atoms with Crippen LogP contribution >= 0.6 is 11.3 Å². The van der Waals surface area contributed by atoms with Gasteiger partial charge in [0.05, 0.1) is 18.9 Å². The Balaban J connectivity index is 1.63. The highest BCUT2D eigenvalue weighted by Crippen LogP contribution is 2.35. The topological polar surface area (TPSA) is 63.7 Å². The number of thiazole rings is 1. The molecular formula is C26H31N3O3S. The summed E-state index contributed by atoms with van der Waals surface area (Å²) in [6, 6.07) is 15.7. The highest BCUT2D eigenvalue weighted by molar-refractivity contribution is 7.14. The van der Waals surface area contributed by atoms with Gasteiger partial charge in [0.25, 0.3) is 0 Å². The zero-order chi connectivity index (χ0) is 23.2. The van der Waals surface area contributed by atoms with Crippen molar-refractivity contribution in [1.82, 2.24) is 10.3 Å². The second-order valence-electron chi connectivity index (χ2n) is 8.26. The van der Waals surface area contributed by atoms with E-state index in [1.165, 1.54) is 0 Å². The molecule has 1 aliphatic heterocycles. The van der Waals surface area contributed by atoms with Gasteiger partial charge in [0.2, 0.25) is 5.91 Å². The van der Waals surface area contributed by atoms with Crippen LogP contribution in [-0.4, -0.2) is 43.3 Å². The number of nitrogens with zero attached hydrogens (tertiary/aromatic N) is 2. The standard InChI is InChI=1S/C26H31N3O3S/c1-4-24(25(30)27-16-22-9-6-14-32-22)29(20-8-5-7-18(2)15-20)26-28-23(17-33-26)19-10-12-21(31-3)13-11-19/h5,7-8,10-13,15,17,22,24H,4,6,9,14,16H2,1-3H3,(H,27,30)/t22-,24+/m0/s1. The van der Waals surface area contributed by atoms with Crippen LogP contribution in [0, 0.1) is 6.92 Å². The Morgan fingerprint density at radius 3 is 2.79 bits per heavy atom. The van der Waals surface area contributed by atoms with Gasteiger partial charge in [0, 0.05) is 29.8 Å². The molecule has 2 heterocycles. The van der Waals surface area contributed by atoms with E-state index in [0.29, 0.717) is 13.0 Å². The zero-order valence-electron chi connectivity index (χ0n) is 19.4. The molecule has 1 fully saturated rings. The van der Waals surface area contributed by atoms with Crippen LogP contribution in [0.5, 0.6) is 5.75 Å². The van der Waals surface area contributed by atoms with E-state index in [4.69, 9.17) is 14.5 Å². The maximum Gasteiger partial charge on any atom is 0.243 e. The van der Waals surface area contributed by atoms with Gasteiger partial charge in [-0.1, -0.05) is 19.1 Å². The van der Waals surface area contributed by atoms with Gasteiger partial charge in [-0.3, -0.25) is 4.79 Å². The molecular weight excluding hydrogens is 434 g/mol. The molecule has 0 saturated carbocycles. The Labute approximate surface area is 199 Å². The monoisotopic (exact) mass is 465 g/mol. The predicted molar refractivity (Wildman–Crippen MR) is 133 cm³/mol. The molecule has 2 atom stereocenters. The fraction of sp³-hybridized carbons (Fsp3) is 0.385. The van der Waals surface area contributed by atoms with Gasteiger partial charge in [0.1, 0.15) is 11.8 Å². The van der Waals surface area contributed by atoms with Crippen molar-refractivity contribution in [1.29, 1.82) is 0 Å². The summed E-state index contributed by atoms with van der Waals surface area (Å²) < 4.78 is 11.0. The van der Waals surface area contributed by atoms with E-state index in [2.05, 4.69) is 29.3 Å². The van der Waals surface area contributed by atoms with Crippen molar-refractivity contribution in [3.63, 3.8) is 0 Å². The van der Waals surface area contributed by atoms with Gasteiger partial charge in [0.15, 0.2) is 5.13 Å². The molecule has 0 bridgehead atoms. The molecule has 7 heteroatoms. The summed E-state index contributed by atoms with van der Waals surface area (Å²) in [6.45, 7) is 5.42. The van der Waals surface area contributed by atoms with Gasteiger partial charge >= 0.3 is 0 Å². The van der Waals surface area contributed by atoms with E-state index >= 15 is 0 Å². The van der Waals surface area contributed by atoms with Crippen molar-refractivity contribution in [2.75, 3.05) is 25.2 Å². The Bertz CT molecular complexity index is 1060. The Hall–Kier alpha value is -2.90. The first-order valence-corrected chi connectivity index (χ1v) is 12.3. The first-order chi connectivity index (χ1) is 16.1. The Morgan fingerprint density at radius 2 is 2.12 bits per heavy atom. The number of hydrogen-bond acceptors (Lipinski definition) is 6. The van der Waals surface area contributed by atoms with E-state index in [0.717, 1.165) is 52.8 Å². The quantitative estimate of drug-likeness (QED) is 0.462. The third kappa shape index (κ3) is 5.54. The summed E-state index contributed by atoms with van der Waals surface area (Å²) in [5.41, 5.74) is 3.99. The number of anilines is 2. The van der Waals surface area contributed by atoms with E-state index in [-0.39, 0.29) is 18.1 Å². The molecule has 1 N–H and O–H groups in total. The summed E-state index contributed by atoms with van der Waals surface area (Å²) in [5.74, 6) is 0.806. The van der Waals surface area contributed by atoms with Crippen molar-refractivity contribution in [2.45, 2.75) is 45.3 Å². The SMILES string of the molecule is CC[C@H](C(=O)NC[C@@H]1CCCO1)N(c1cccc(C)c1)c1nc(-c2ccc(OC)cc2)cs1. The first kappa shape index (κ1) is 23.3. The molecule has 0 unspecified atom stereocenters. The molecule has 0 radical (unpaired) electrons. The largest absolute Gasteiger partial charge is 0.497 e. The Kier molecular flexibility index (Phi) is 7.62. The highest BCUT2D eigenvalue weighted by atomic mass is 32.1. The molecule has 33 heavy (non-hydrogen) atoms. The van der Waals surface area contributed by atoms with E-state index in [1.807, 2.05) is 48.7 Å². The van der Waals surface area contributed by atoms with Crippen LogP contribution in [0.2, 0.25) is 0 Å². The third-order valence-electron chi connectivity index (χ3n) is 5.89. The number of rotatable bonds is 9. The maximum absolute atomic E-state index is 13.3. The first-order valence-electron chi connectivity index (χ1n) is 11.4. The normalized spacial score (nSPS) is 16.4. The van der Waals surface area contributed by atoms with Crippen LogP contribution < -0.4 is 15.0 Å². The number of carbonyl (C=O) groups is 1. The lowest BCUT2D eigenvalue weighted by Crippen LogP contribution is -2.46. The second-order valence-corrected chi connectivity index (χ2v) is 9.09. The fourth-order valence-electron chi connectivity index (χ4n) is 4.09. The number of aromatic nitrogens is 1. The van der Waals surface area contributed by atoms with E-state index < -0.39 is 0 Å². The van der Waals surface area contributed by atoms with Gasteiger partial charge in [-0.25, -0.2) is 4.98 Å². The van der Waals surface area contributed by atoms with E-state index in [1.54, 1.807) is 18.4 Å². The van der Waals surface area contributed by atoms with Crippen LogP contribution in [0.4, 0.5) is 10.8 Å². The van der Waals surface area contributed by atoms with Gasteiger partial charge in [-0.2, -0.15) is 0 Å². The highest BCUT2D eigenvalue weighted by Gasteiger charge is 2.29. The molecule has 0 aliphatic carbocycles. The van der Waals surface area contributed by atoms with Gasteiger partial charge in [-0.05, 0) is 68.1 Å². The second kappa shape index (κ2) is 10.8. The van der Waals surface area contributed by atoms with Crippen LogP contribution in [0.3, 0.4) is 0 Å². The lowest BCUT2D eigenvalue weighted by atomic mass is 10.1. The molecule has 6 nitrogen and oxygen atoms in total. The Morgan fingerprint density at radius 1 is 1.30 bits per heavy atom. The van der Waals surface area contributed by atoms with Crippen molar-refractivity contribution in [3.05, 3.63) is 59.5 Å². The summed E-state index contributed by atoms with van der Waals surface area (Å²) in [4.78, 5) is 20.3. The summed E-state index contributed by atoms with van der Waals surface area (Å²) in [5, 5.41) is 5.95. The average Bonchev–Trinajstić information content (AvgIpc) is 3.53. The number of methoxy groups -OCH3 is 1. The van der Waals surface area contributed by atoms with Crippen molar-refractivity contribution in [3.8, 4) is 17.0 Å². The molecule has 174 valence electrons. The molecule has 1 saturated heterocycles. The van der Waals surface area contributed by atoms with Gasteiger partial charge in [-0.15, -0.1) is 11.3 Å². The minimum Gasteiger partial charge on any atom is -0.497 e. The van der Waals surface area contributed by atoms with Crippen LogP contribution in [-0.2, 0) is 9.53 Å². The van der Waals surface area contributed by atoms with Crippen LogP contribution in [0.15, 0.2) is 53.9 Å². The number of ether oxygens (including phenoxy) is 2. The number of aryl methyl sites for hydroxylation is 1. The maximum atomic E-state index is 13.3. The number of hydrogen-bond donors (Lipinski definition) is 1. The van der Waals surface area contributed by atoms with Gasteiger partial charge < -0.3 is 19.7 Å². The molecule has 2 aromatic carbocycles. The smallest absolute Gasteiger partial charge is 0.243 e. The lowest BCUT2D eigenvalue weighted by Gasteiger charge is -2.30. The molecule has 3 aromatic rings. The van der Waals surface area contributed by atoms with Crippen LogP contribution in [0.1, 0.15) is 31.7 Å². The molecule has 0 spiro atoms. The summed E-state index contributed by atoms with van der Waals surface area (Å²) in [6.07, 6.45) is 2.82. The van der Waals surface area contributed by atoms with E-state index in [9.17, 15) is 4.79 Å².